The summed E-state index contributed by atoms with van der Waals surface area (Å²) >= 11 is 8.05. The number of unbranched alkanes of at least 4 members (excludes halogenated alkanes) is 3. The first-order chi connectivity index (χ1) is 11.0. The van der Waals surface area contributed by atoms with E-state index >= 15 is 0 Å². The SMILES string of the molecule is CCCCP(Br)(CCCC)(CCCC)Cc1ccc(CBr)cc1. The molecule has 0 radical (unpaired) electrons. The van der Waals surface area contributed by atoms with Crippen LogP contribution < -0.4 is 0 Å². The second kappa shape index (κ2) is 10.6. The number of halogens is 2. The van der Waals surface area contributed by atoms with Gasteiger partial charge in [-0.25, -0.2) is 0 Å². The van der Waals surface area contributed by atoms with Gasteiger partial charge < -0.3 is 0 Å². The van der Waals surface area contributed by atoms with Crippen LogP contribution in [-0.4, -0.2) is 18.5 Å². The standard InChI is InChI=1S/C20H35Br2P/c1-4-7-14-23(22,15-8-5-2,16-9-6-3)18-20-12-10-19(17-21)11-13-20/h10-13H,4-9,14-18H2,1-3H3. The van der Waals surface area contributed by atoms with E-state index in [-0.39, 0.29) is 0 Å². The number of hydrogen-bond acceptors (Lipinski definition) is 0. The van der Waals surface area contributed by atoms with Crippen LogP contribution in [0.1, 0.15) is 70.4 Å². The Morgan fingerprint density at radius 1 is 0.739 bits per heavy atom. The van der Waals surface area contributed by atoms with Crippen LogP contribution in [0.2, 0.25) is 0 Å². The van der Waals surface area contributed by atoms with Crippen LogP contribution in [0.15, 0.2) is 24.3 Å². The van der Waals surface area contributed by atoms with Crippen LogP contribution in [0.3, 0.4) is 0 Å². The molecular formula is C20H35Br2P. The summed E-state index contributed by atoms with van der Waals surface area (Å²) in [5.41, 5.74) is 2.91. The fraction of sp³-hybridized carbons (Fsp3) is 0.700. The summed E-state index contributed by atoms with van der Waals surface area (Å²) in [5.74, 6) is 0. The minimum atomic E-state index is -1.82. The van der Waals surface area contributed by atoms with Crippen LogP contribution in [0.25, 0.3) is 0 Å². The van der Waals surface area contributed by atoms with E-state index in [0.29, 0.717) is 0 Å². The molecule has 0 fully saturated rings. The molecule has 0 aromatic heterocycles. The zero-order chi connectivity index (χ0) is 17.2. The summed E-state index contributed by atoms with van der Waals surface area (Å²) in [5, 5.41) is -0.865. The van der Waals surface area contributed by atoms with Gasteiger partial charge in [0, 0.05) is 0 Å². The van der Waals surface area contributed by atoms with E-state index in [1.54, 1.807) is 0 Å². The summed E-state index contributed by atoms with van der Waals surface area (Å²) in [7, 11) is 0. The molecule has 0 atom stereocenters. The molecule has 1 aromatic rings. The molecule has 0 aliphatic carbocycles. The van der Waals surface area contributed by atoms with Gasteiger partial charge in [0.25, 0.3) is 0 Å². The summed E-state index contributed by atoms with van der Waals surface area (Å²) in [6.07, 6.45) is 13.6. The van der Waals surface area contributed by atoms with Gasteiger partial charge in [-0.3, -0.25) is 0 Å². The summed E-state index contributed by atoms with van der Waals surface area (Å²) in [6.45, 7) is 7.00. The molecule has 0 heterocycles. The first-order valence-corrected chi connectivity index (χ1v) is 15.5. The van der Waals surface area contributed by atoms with Crippen molar-refractivity contribution in [3.63, 3.8) is 0 Å². The van der Waals surface area contributed by atoms with Crippen molar-refractivity contribution in [2.45, 2.75) is 70.8 Å². The van der Waals surface area contributed by atoms with E-state index in [2.05, 4.69) is 76.5 Å². The van der Waals surface area contributed by atoms with Gasteiger partial charge in [0.2, 0.25) is 0 Å². The molecule has 0 aliphatic heterocycles. The van der Waals surface area contributed by atoms with Crippen LogP contribution in [-0.2, 0) is 11.5 Å². The molecule has 3 heteroatoms. The fourth-order valence-electron chi connectivity index (χ4n) is 3.42. The minimum absolute atomic E-state index is 0.951. The van der Waals surface area contributed by atoms with Gasteiger partial charge in [-0.05, 0) is 0 Å². The van der Waals surface area contributed by atoms with Gasteiger partial charge in [0.15, 0.2) is 0 Å². The van der Waals surface area contributed by atoms with Crippen molar-refractivity contribution >= 4 is 36.7 Å². The van der Waals surface area contributed by atoms with Crippen molar-refractivity contribution in [2.75, 3.05) is 18.5 Å². The molecule has 0 unspecified atom stereocenters. The molecular weight excluding hydrogens is 431 g/mol. The van der Waals surface area contributed by atoms with E-state index in [1.807, 2.05) is 0 Å². The Morgan fingerprint density at radius 3 is 1.48 bits per heavy atom. The normalized spacial score (nSPS) is 13.7. The van der Waals surface area contributed by atoms with Gasteiger partial charge >= 0.3 is 161 Å². The Kier molecular flexibility index (Phi) is 9.95. The summed E-state index contributed by atoms with van der Waals surface area (Å²) in [4.78, 5) is 0. The van der Waals surface area contributed by atoms with Crippen molar-refractivity contribution in [1.82, 2.24) is 0 Å². The molecule has 0 spiro atoms. The van der Waals surface area contributed by atoms with E-state index in [4.69, 9.17) is 0 Å². The average molecular weight is 466 g/mol. The molecule has 0 saturated heterocycles. The molecule has 134 valence electrons. The molecule has 1 aromatic carbocycles. The molecule has 0 nitrogen and oxygen atoms in total. The average Bonchev–Trinajstić information content (AvgIpc) is 2.58. The van der Waals surface area contributed by atoms with Gasteiger partial charge in [0.05, 0.1) is 0 Å². The third-order valence-corrected chi connectivity index (χ3v) is 15.0. The van der Waals surface area contributed by atoms with E-state index in [1.165, 1.54) is 74.3 Å². The van der Waals surface area contributed by atoms with Crippen molar-refractivity contribution in [3.8, 4) is 0 Å². The van der Waals surface area contributed by atoms with E-state index < -0.39 is 5.31 Å². The molecule has 0 bridgehead atoms. The summed E-state index contributed by atoms with van der Waals surface area (Å²) < 4.78 is 0. The molecule has 0 aliphatic rings. The number of alkyl halides is 1. The zero-order valence-corrected chi connectivity index (χ0v) is 19.4. The maximum atomic E-state index is 4.49. The topological polar surface area (TPSA) is 0 Å². The van der Waals surface area contributed by atoms with E-state index in [9.17, 15) is 0 Å². The predicted molar refractivity (Wildman–Crippen MR) is 118 cm³/mol. The van der Waals surface area contributed by atoms with Gasteiger partial charge in [-0.15, -0.1) is 0 Å². The second-order valence-electron chi connectivity index (χ2n) is 7.16. The Balaban J connectivity index is 3.05. The summed E-state index contributed by atoms with van der Waals surface area (Å²) in [6, 6.07) is 9.31. The third-order valence-electron chi connectivity index (χ3n) is 4.97. The van der Waals surface area contributed by atoms with Crippen LogP contribution in [0, 0.1) is 0 Å². The maximum absolute atomic E-state index is 4.49. The molecule has 23 heavy (non-hydrogen) atoms. The van der Waals surface area contributed by atoms with E-state index in [0.717, 1.165) is 5.33 Å². The quantitative estimate of drug-likeness (QED) is 0.215. The van der Waals surface area contributed by atoms with Crippen molar-refractivity contribution in [3.05, 3.63) is 35.4 Å². The van der Waals surface area contributed by atoms with Crippen molar-refractivity contribution in [1.29, 1.82) is 0 Å². The predicted octanol–water partition coefficient (Wildman–Crippen LogP) is 8.35. The molecule has 0 N–H and O–H groups in total. The van der Waals surface area contributed by atoms with Crippen molar-refractivity contribution < 1.29 is 0 Å². The van der Waals surface area contributed by atoms with Crippen LogP contribution in [0.5, 0.6) is 0 Å². The number of rotatable bonds is 12. The molecule has 1 rings (SSSR count). The first-order valence-electron chi connectivity index (χ1n) is 9.35. The second-order valence-corrected chi connectivity index (χ2v) is 19.0. The van der Waals surface area contributed by atoms with Crippen LogP contribution >= 0.6 is 36.7 Å². The molecule has 0 amide bonds. The number of benzene rings is 1. The van der Waals surface area contributed by atoms with Gasteiger partial charge in [0.1, 0.15) is 0 Å². The van der Waals surface area contributed by atoms with Gasteiger partial charge in [-0.2, -0.15) is 0 Å². The Morgan fingerprint density at radius 2 is 1.13 bits per heavy atom. The Bertz CT molecular complexity index is 417. The zero-order valence-electron chi connectivity index (χ0n) is 15.3. The van der Waals surface area contributed by atoms with Crippen molar-refractivity contribution in [2.24, 2.45) is 0 Å². The van der Waals surface area contributed by atoms with Gasteiger partial charge in [-0.1, -0.05) is 0 Å². The third kappa shape index (κ3) is 7.17. The number of hydrogen-bond donors (Lipinski definition) is 0. The fourth-order valence-corrected chi connectivity index (χ4v) is 12.5. The Hall–Kier alpha value is 0.610. The Labute approximate surface area is 161 Å². The first kappa shape index (κ1) is 21.7. The molecule has 0 saturated carbocycles. The monoisotopic (exact) mass is 464 g/mol. The van der Waals surface area contributed by atoms with Crippen LogP contribution in [0.4, 0.5) is 0 Å².